The molecule has 26 heavy (non-hydrogen) atoms. The zero-order valence-electron chi connectivity index (χ0n) is 15.3. The van der Waals surface area contributed by atoms with E-state index in [1.54, 1.807) is 31.6 Å². The third-order valence-corrected chi connectivity index (χ3v) is 4.16. The van der Waals surface area contributed by atoms with E-state index in [4.69, 9.17) is 4.74 Å². The summed E-state index contributed by atoms with van der Waals surface area (Å²) in [5.74, 6) is 1.31. The number of methoxy groups -OCH3 is 1. The molecule has 0 saturated carbocycles. The van der Waals surface area contributed by atoms with E-state index in [1.807, 2.05) is 42.7 Å². The summed E-state index contributed by atoms with van der Waals surface area (Å²) in [6.45, 7) is 4.46. The highest BCUT2D eigenvalue weighted by Gasteiger charge is 2.21. The number of carbonyl (C=O) groups is 1. The van der Waals surface area contributed by atoms with Crippen LogP contribution in [0.1, 0.15) is 36.1 Å². The number of carbonyl (C=O) groups excluding carboxylic acids is 1. The maximum Gasteiger partial charge on any atom is 0.257 e. The fourth-order valence-electron chi connectivity index (χ4n) is 2.75. The molecule has 0 fully saturated rings. The molecule has 0 aliphatic carbocycles. The van der Waals surface area contributed by atoms with Crippen molar-refractivity contribution in [3.63, 3.8) is 0 Å². The molecule has 0 spiro atoms. The van der Waals surface area contributed by atoms with Gasteiger partial charge >= 0.3 is 0 Å². The van der Waals surface area contributed by atoms with E-state index in [0.29, 0.717) is 23.6 Å². The Morgan fingerprint density at radius 1 is 1.38 bits per heavy atom. The van der Waals surface area contributed by atoms with Gasteiger partial charge in [-0.05, 0) is 26.0 Å². The molecule has 2 aromatic heterocycles. The van der Waals surface area contributed by atoms with Gasteiger partial charge in [0.15, 0.2) is 5.82 Å². The van der Waals surface area contributed by atoms with Gasteiger partial charge in [-0.15, -0.1) is 10.2 Å². The number of benzene rings is 1. The van der Waals surface area contributed by atoms with Crippen molar-refractivity contribution < 1.29 is 9.53 Å². The number of aromatic nitrogens is 5. The molecule has 0 saturated heterocycles. The molecule has 2 heterocycles. The number of hydrogen-bond acceptors (Lipinski definition) is 5. The van der Waals surface area contributed by atoms with Crippen molar-refractivity contribution in [1.29, 1.82) is 0 Å². The second-order valence-corrected chi connectivity index (χ2v) is 6.30. The minimum absolute atomic E-state index is 0.144. The maximum atomic E-state index is 12.9. The molecule has 0 bridgehead atoms. The first-order valence-corrected chi connectivity index (χ1v) is 8.33. The largest absolute Gasteiger partial charge is 0.497 e. The van der Waals surface area contributed by atoms with Crippen LogP contribution in [0.25, 0.3) is 11.3 Å². The monoisotopic (exact) mass is 354 g/mol. The molecular weight excluding hydrogens is 332 g/mol. The van der Waals surface area contributed by atoms with Crippen LogP contribution >= 0.6 is 0 Å². The standard InChI is InChI=1S/C18H22N6O2/c1-12(2)24-11-20-21-16(24)10-23(3)18(25)15-9-19-22-17(15)13-6-5-7-14(8-13)26-4/h5-9,11-12H,10H2,1-4H3,(H,19,22). The summed E-state index contributed by atoms with van der Waals surface area (Å²) in [7, 11) is 3.35. The molecule has 0 aliphatic heterocycles. The van der Waals surface area contributed by atoms with Gasteiger partial charge in [0.25, 0.3) is 5.91 Å². The Labute approximate surface area is 151 Å². The zero-order chi connectivity index (χ0) is 18.7. The Morgan fingerprint density at radius 3 is 2.92 bits per heavy atom. The topological polar surface area (TPSA) is 88.9 Å². The van der Waals surface area contributed by atoms with Crippen LogP contribution in [0.4, 0.5) is 0 Å². The number of amides is 1. The Hall–Kier alpha value is -3.16. The van der Waals surface area contributed by atoms with Gasteiger partial charge in [0, 0.05) is 18.7 Å². The average molecular weight is 354 g/mol. The Balaban J connectivity index is 1.84. The number of nitrogens with one attached hydrogen (secondary N) is 1. The van der Waals surface area contributed by atoms with Crippen molar-refractivity contribution >= 4 is 5.91 Å². The first-order chi connectivity index (χ1) is 12.5. The molecule has 1 amide bonds. The molecule has 1 N–H and O–H groups in total. The fraction of sp³-hybridized carbons (Fsp3) is 0.333. The Kier molecular flexibility index (Phi) is 5.01. The average Bonchev–Trinajstić information content (AvgIpc) is 3.30. The van der Waals surface area contributed by atoms with Crippen LogP contribution in [0.5, 0.6) is 5.75 Å². The third kappa shape index (κ3) is 3.44. The summed E-state index contributed by atoms with van der Waals surface area (Å²) >= 11 is 0. The van der Waals surface area contributed by atoms with Crippen LogP contribution in [0.2, 0.25) is 0 Å². The van der Waals surface area contributed by atoms with Gasteiger partial charge in [-0.3, -0.25) is 9.89 Å². The van der Waals surface area contributed by atoms with Crippen LogP contribution < -0.4 is 4.74 Å². The second kappa shape index (κ2) is 7.38. The van der Waals surface area contributed by atoms with Crippen molar-refractivity contribution in [2.45, 2.75) is 26.4 Å². The van der Waals surface area contributed by atoms with Gasteiger partial charge in [0.2, 0.25) is 0 Å². The molecule has 1 aromatic carbocycles. The number of rotatable bonds is 6. The summed E-state index contributed by atoms with van der Waals surface area (Å²) < 4.78 is 7.21. The van der Waals surface area contributed by atoms with E-state index in [9.17, 15) is 4.79 Å². The van der Waals surface area contributed by atoms with Crippen LogP contribution in [-0.4, -0.2) is 49.9 Å². The SMILES string of the molecule is COc1cccc(-c2[nH]ncc2C(=O)N(C)Cc2nncn2C(C)C)c1. The molecule has 3 aromatic rings. The lowest BCUT2D eigenvalue weighted by molar-refractivity contribution is 0.0780. The molecule has 3 rings (SSSR count). The first kappa shape index (κ1) is 17.7. The summed E-state index contributed by atoms with van der Waals surface area (Å²) in [5, 5.41) is 15.0. The normalized spacial score (nSPS) is 11.0. The van der Waals surface area contributed by atoms with Gasteiger partial charge in [0.05, 0.1) is 31.1 Å². The molecule has 0 radical (unpaired) electrons. The van der Waals surface area contributed by atoms with Crippen molar-refractivity contribution in [2.24, 2.45) is 0 Å². The molecule has 0 unspecified atom stereocenters. The molecule has 0 aliphatic rings. The van der Waals surface area contributed by atoms with Crippen LogP contribution in [0, 0.1) is 0 Å². The predicted octanol–water partition coefficient (Wildman–Crippen LogP) is 2.53. The van der Waals surface area contributed by atoms with E-state index < -0.39 is 0 Å². The lowest BCUT2D eigenvalue weighted by Crippen LogP contribution is -2.28. The smallest absolute Gasteiger partial charge is 0.257 e. The first-order valence-electron chi connectivity index (χ1n) is 8.33. The molecular formula is C18H22N6O2. The quantitative estimate of drug-likeness (QED) is 0.735. The van der Waals surface area contributed by atoms with E-state index in [-0.39, 0.29) is 11.9 Å². The van der Waals surface area contributed by atoms with Gasteiger partial charge in [0.1, 0.15) is 12.1 Å². The zero-order valence-corrected chi connectivity index (χ0v) is 15.3. The highest BCUT2D eigenvalue weighted by molar-refractivity contribution is 5.99. The van der Waals surface area contributed by atoms with E-state index in [0.717, 1.165) is 11.4 Å². The van der Waals surface area contributed by atoms with Gasteiger partial charge in [-0.25, -0.2) is 0 Å². The van der Waals surface area contributed by atoms with Crippen LogP contribution in [0.3, 0.4) is 0 Å². The second-order valence-electron chi connectivity index (χ2n) is 6.30. The van der Waals surface area contributed by atoms with Crippen molar-refractivity contribution in [1.82, 2.24) is 29.9 Å². The lowest BCUT2D eigenvalue weighted by Gasteiger charge is -2.18. The Bertz CT molecular complexity index is 898. The van der Waals surface area contributed by atoms with E-state index in [2.05, 4.69) is 20.4 Å². The van der Waals surface area contributed by atoms with Crippen molar-refractivity contribution in [3.8, 4) is 17.0 Å². The lowest BCUT2D eigenvalue weighted by atomic mass is 10.1. The highest BCUT2D eigenvalue weighted by Crippen LogP contribution is 2.26. The number of hydrogen-bond donors (Lipinski definition) is 1. The fourth-order valence-corrected chi connectivity index (χ4v) is 2.75. The van der Waals surface area contributed by atoms with Gasteiger partial charge in [-0.2, -0.15) is 5.10 Å². The van der Waals surface area contributed by atoms with E-state index >= 15 is 0 Å². The van der Waals surface area contributed by atoms with Crippen LogP contribution in [0.15, 0.2) is 36.8 Å². The predicted molar refractivity (Wildman–Crippen MR) is 96.8 cm³/mol. The van der Waals surface area contributed by atoms with Crippen molar-refractivity contribution in [3.05, 3.63) is 48.2 Å². The van der Waals surface area contributed by atoms with Gasteiger partial charge in [-0.1, -0.05) is 12.1 Å². The number of ether oxygens (including phenoxy) is 1. The number of H-pyrrole nitrogens is 1. The minimum atomic E-state index is -0.144. The minimum Gasteiger partial charge on any atom is -0.497 e. The summed E-state index contributed by atoms with van der Waals surface area (Å²) in [6, 6.07) is 7.72. The molecule has 136 valence electrons. The summed E-state index contributed by atoms with van der Waals surface area (Å²) in [4.78, 5) is 14.5. The van der Waals surface area contributed by atoms with Crippen molar-refractivity contribution in [2.75, 3.05) is 14.2 Å². The number of nitrogens with zero attached hydrogens (tertiary/aromatic N) is 5. The van der Waals surface area contributed by atoms with Gasteiger partial charge < -0.3 is 14.2 Å². The molecule has 8 nitrogen and oxygen atoms in total. The summed E-state index contributed by atoms with van der Waals surface area (Å²) in [5.41, 5.74) is 1.99. The molecule has 0 atom stereocenters. The maximum absolute atomic E-state index is 12.9. The summed E-state index contributed by atoms with van der Waals surface area (Å²) in [6.07, 6.45) is 3.22. The van der Waals surface area contributed by atoms with Crippen LogP contribution in [-0.2, 0) is 6.54 Å². The number of aromatic amines is 1. The molecule has 8 heteroatoms. The van der Waals surface area contributed by atoms with E-state index in [1.165, 1.54) is 0 Å². The highest BCUT2D eigenvalue weighted by atomic mass is 16.5. The third-order valence-electron chi connectivity index (χ3n) is 4.16. The Morgan fingerprint density at radius 2 is 2.19 bits per heavy atom.